The first-order valence-corrected chi connectivity index (χ1v) is 17.9. The second-order valence-electron chi connectivity index (χ2n) is 14.9. The molecular formula is C42H42FN3O6. The SMILES string of the molecule is C[C@H]1[C@H](C(C)(C)F)[C@@H](CC(=O)N2Cc3ccccc3C[C@H]2CO)O[C@]12C(=O)N(Cc1cccc(N3C(=O)COc4ccccc43)c1)c1ccccc12. The number of hydrogen-bond donors (Lipinski definition) is 1. The van der Waals surface area contributed by atoms with Crippen LogP contribution in [-0.4, -0.2) is 58.8 Å². The minimum absolute atomic E-state index is 0.0849. The van der Waals surface area contributed by atoms with E-state index in [-0.39, 0.29) is 43.9 Å². The number of alkyl halides is 1. The lowest BCUT2D eigenvalue weighted by Crippen LogP contribution is -2.48. The predicted octanol–water partition coefficient (Wildman–Crippen LogP) is 6.22. The van der Waals surface area contributed by atoms with E-state index in [1.807, 2.05) is 104 Å². The Morgan fingerprint density at radius 1 is 0.942 bits per heavy atom. The van der Waals surface area contributed by atoms with E-state index in [1.165, 1.54) is 13.8 Å². The minimum Gasteiger partial charge on any atom is -0.482 e. The summed E-state index contributed by atoms with van der Waals surface area (Å²) in [5.74, 6) is -1.55. The van der Waals surface area contributed by atoms with Crippen LogP contribution >= 0.6 is 0 Å². The van der Waals surface area contributed by atoms with Gasteiger partial charge >= 0.3 is 0 Å². The molecule has 0 saturated carbocycles. The lowest BCUT2D eigenvalue weighted by Gasteiger charge is -2.37. The van der Waals surface area contributed by atoms with Crippen molar-refractivity contribution >= 4 is 34.8 Å². The standard InChI is InChI=1S/C42H42FN3O6/c1-26-39(41(2,3)43)36(21-37(48)44-23-29-13-5-4-12-28(29)20-31(44)24-47)52-42(26)32-15-6-7-16-33(32)45(40(42)50)22-27-11-10-14-30(19-27)46-34-17-8-9-18-35(34)51-25-38(46)49/h4-19,26,31,36,39,47H,20-25H2,1-3H3/t26-,31-,36+,39-,42+/m0/s1. The van der Waals surface area contributed by atoms with Crippen molar-refractivity contribution in [2.24, 2.45) is 11.8 Å². The number of carbonyl (C=O) groups is 3. The summed E-state index contributed by atoms with van der Waals surface area (Å²) in [7, 11) is 0. The Balaban J connectivity index is 1.10. The summed E-state index contributed by atoms with van der Waals surface area (Å²) in [6.07, 6.45) is -0.502. The highest BCUT2D eigenvalue weighted by molar-refractivity contribution is 6.08. The Hall–Kier alpha value is -5.06. The topological polar surface area (TPSA) is 99.6 Å². The van der Waals surface area contributed by atoms with Crippen LogP contribution in [0.25, 0.3) is 0 Å². The van der Waals surface area contributed by atoms with Crippen molar-refractivity contribution in [3.63, 3.8) is 0 Å². The average molecular weight is 704 g/mol. The number of rotatable bonds is 7. The Morgan fingerprint density at radius 3 is 2.42 bits per heavy atom. The van der Waals surface area contributed by atoms with E-state index < -0.39 is 35.3 Å². The largest absolute Gasteiger partial charge is 0.482 e. The molecule has 268 valence electrons. The van der Waals surface area contributed by atoms with Crippen molar-refractivity contribution in [2.75, 3.05) is 23.0 Å². The van der Waals surface area contributed by atoms with Crippen molar-refractivity contribution in [1.82, 2.24) is 4.90 Å². The molecule has 0 unspecified atom stereocenters. The summed E-state index contributed by atoms with van der Waals surface area (Å²) in [6, 6.07) is 29.8. The summed E-state index contributed by atoms with van der Waals surface area (Å²) in [4.78, 5) is 47.1. The van der Waals surface area contributed by atoms with Gasteiger partial charge in [0, 0.05) is 29.6 Å². The van der Waals surface area contributed by atoms with Gasteiger partial charge in [-0.15, -0.1) is 0 Å². The van der Waals surface area contributed by atoms with Crippen LogP contribution in [0.2, 0.25) is 0 Å². The zero-order chi connectivity index (χ0) is 36.4. The zero-order valence-corrected chi connectivity index (χ0v) is 29.5. The number of amides is 3. The van der Waals surface area contributed by atoms with Crippen LogP contribution in [0, 0.1) is 11.8 Å². The monoisotopic (exact) mass is 703 g/mol. The van der Waals surface area contributed by atoms with E-state index in [0.29, 0.717) is 41.3 Å². The van der Waals surface area contributed by atoms with Gasteiger partial charge in [-0.2, -0.15) is 0 Å². The Kier molecular flexibility index (Phi) is 8.42. The molecule has 1 N–H and O–H groups in total. The molecule has 4 aliphatic heterocycles. The maximum absolute atomic E-state index is 16.4. The maximum atomic E-state index is 16.4. The molecule has 9 nitrogen and oxygen atoms in total. The molecule has 4 aliphatic rings. The van der Waals surface area contributed by atoms with Gasteiger partial charge in [-0.1, -0.05) is 73.7 Å². The van der Waals surface area contributed by atoms with Crippen molar-refractivity contribution in [3.05, 3.63) is 119 Å². The molecule has 0 bridgehead atoms. The number of nitrogens with zero attached hydrogens (tertiary/aromatic N) is 3. The number of anilines is 3. The van der Waals surface area contributed by atoms with Gasteiger partial charge in [0.1, 0.15) is 11.4 Å². The fourth-order valence-corrected chi connectivity index (χ4v) is 9.05. The molecule has 1 fully saturated rings. The lowest BCUT2D eigenvalue weighted by atomic mass is 9.71. The van der Waals surface area contributed by atoms with Crippen LogP contribution in [-0.2, 0) is 44.2 Å². The number of halogens is 1. The van der Waals surface area contributed by atoms with E-state index >= 15 is 4.39 Å². The average Bonchev–Trinajstić information content (AvgIpc) is 3.57. The van der Waals surface area contributed by atoms with Gasteiger partial charge in [-0.25, -0.2) is 4.39 Å². The lowest BCUT2D eigenvalue weighted by molar-refractivity contribution is -0.151. The summed E-state index contributed by atoms with van der Waals surface area (Å²) in [5, 5.41) is 10.3. The number of ether oxygens (including phenoxy) is 2. The van der Waals surface area contributed by atoms with Gasteiger partial charge in [-0.05, 0) is 67.3 Å². The van der Waals surface area contributed by atoms with Crippen molar-refractivity contribution < 1.29 is 33.4 Å². The van der Waals surface area contributed by atoms with E-state index in [1.54, 1.807) is 14.7 Å². The summed E-state index contributed by atoms with van der Waals surface area (Å²) in [6.45, 7) is 5.07. The number of hydrogen-bond acceptors (Lipinski definition) is 6. The first-order valence-electron chi connectivity index (χ1n) is 17.9. The molecule has 52 heavy (non-hydrogen) atoms. The van der Waals surface area contributed by atoms with Crippen molar-refractivity contribution in [2.45, 2.75) is 70.1 Å². The van der Waals surface area contributed by atoms with Crippen LogP contribution in [0.5, 0.6) is 5.75 Å². The van der Waals surface area contributed by atoms with E-state index in [0.717, 1.165) is 16.7 Å². The minimum atomic E-state index is -1.78. The molecule has 5 atom stereocenters. The Morgan fingerprint density at radius 2 is 1.65 bits per heavy atom. The number of fused-ring (bicyclic) bond motifs is 4. The maximum Gasteiger partial charge on any atom is 0.269 e. The van der Waals surface area contributed by atoms with Crippen LogP contribution in [0.15, 0.2) is 97.1 Å². The highest BCUT2D eigenvalue weighted by Gasteiger charge is 2.66. The van der Waals surface area contributed by atoms with Gasteiger partial charge in [0.25, 0.3) is 11.8 Å². The third-order valence-electron chi connectivity index (χ3n) is 11.3. The number of para-hydroxylation sites is 3. The third kappa shape index (κ3) is 5.47. The normalized spacial score (nSPS) is 25.2. The fourth-order valence-electron chi connectivity index (χ4n) is 9.05. The molecule has 1 spiro atoms. The van der Waals surface area contributed by atoms with Crippen LogP contribution in [0.4, 0.5) is 21.5 Å². The fraction of sp³-hybridized carbons (Fsp3) is 0.357. The van der Waals surface area contributed by atoms with Gasteiger partial charge < -0.3 is 24.4 Å². The molecule has 1 saturated heterocycles. The van der Waals surface area contributed by atoms with Crippen LogP contribution in [0.3, 0.4) is 0 Å². The molecule has 4 aromatic rings. The highest BCUT2D eigenvalue weighted by atomic mass is 19.1. The molecule has 10 heteroatoms. The van der Waals surface area contributed by atoms with Gasteiger partial charge in [0.15, 0.2) is 12.2 Å². The summed E-state index contributed by atoms with van der Waals surface area (Å²) < 4.78 is 28.8. The van der Waals surface area contributed by atoms with Crippen molar-refractivity contribution in [3.8, 4) is 5.75 Å². The smallest absolute Gasteiger partial charge is 0.269 e. The summed E-state index contributed by atoms with van der Waals surface area (Å²) >= 11 is 0. The van der Waals surface area contributed by atoms with E-state index in [9.17, 15) is 19.5 Å². The van der Waals surface area contributed by atoms with Crippen LogP contribution < -0.4 is 14.5 Å². The second kappa shape index (κ2) is 12.9. The Bertz CT molecular complexity index is 2060. The quantitative estimate of drug-likeness (QED) is 0.246. The Labute approximate surface area is 302 Å². The van der Waals surface area contributed by atoms with Gasteiger partial charge in [0.05, 0.1) is 43.1 Å². The number of aliphatic hydroxyl groups is 1. The summed E-state index contributed by atoms with van der Waals surface area (Å²) in [5.41, 5.74) is 2.20. The van der Waals surface area contributed by atoms with E-state index in [2.05, 4.69) is 0 Å². The molecule has 3 amide bonds. The van der Waals surface area contributed by atoms with Gasteiger partial charge in [-0.3, -0.25) is 19.3 Å². The third-order valence-corrected chi connectivity index (χ3v) is 11.3. The number of carbonyl (C=O) groups excluding carboxylic acids is 3. The van der Waals surface area contributed by atoms with Crippen LogP contribution in [0.1, 0.15) is 49.4 Å². The molecule has 0 radical (unpaired) electrons. The predicted molar refractivity (Wildman–Crippen MR) is 194 cm³/mol. The van der Waals surface area contributed by atoms with Gasteiger partial charge in [0.2, 0.25) is 5.91 Å². The molecule has 4 heterocycles. The molecular weight excluding hydrogens is 661 g/mol. The number of aliphatic hydroxyl groups excluding tert-OH is 1. The first-order chi connectivity index (χ1) is 25.0. The molecule has 8 rings (SSSR count). The van der Waals surface area contributed by atoms with E-state index in [4.69, 9.17) is 9.47 Å². The molecule has 0 aromatic heterocycles. The second-order valence-corrected chi connectivity index (χ2v) is 14.9. The molecule has 4 aromatic carbocycles. The zero-order valence-electron chi connectivity index (χ0n) is 29.5. The first kappa shape index (κ1) is 34.0. The molecule has 0 aliphatic carbocycles. The highest BCUT2D eigenvalue weighted by Crippen LogP contribution is 2.58. The number of benzene rings is 4. The van der Waals surface area contributed by atoms with Crippen molar-refractivity contribution in [1.29, 1.82) is 0 Å².